The van der Waals surface area contributed by atoms with Gasteiger partial charge in [-0.25, -0.2) is 0 Å². The van der Waals surface area contributed by atoms with Crippen molar-refractivity contribution in [2.75, 3.05) is 12.0 Å². The minimum atomic E-state index is 0.694. The summed E-state index contributed by atoms with van der Waals surface area (Å²) >= 11 is 0. The van der Waals surface area contributed by atoms with Crippen LogP contribution in [0.25, 0.3) is 6.08 Å². The Kier molecular flexibility index (Phi) is 0.961. The van der Waals surface area contributed by atoms with Gasteiger partial charge in [0.1, 0.15) is 6.67 Å². The molecular weight excluding hydrogens is 150 g/mol. The molecule has 0 radical (unpaired) electrons. The third-order valence-corrected chi connectivity index (χ3v) is 2.16. The van der Waals surface area contributed by atoms with E-state index < -0.39 is 0 Å². The van der Waals surface area contributed by atoms with E-state index in [-0.39, 0.29) is 0 Å². The lowest BCUT2D eigenvalue weighted by molar-refractivity contribution is 1.16. The minimum Gasteiger partial charge on any atom is -0.364 e. The van der Waals surface area contributed by atoms with E-state index in [9.17, 15) is 0 Å². The van der Waals surface area contributed by atoms with Crippen molar-refractivity contribution in [3.8, 4) is 0 Å². The molecule has 3 nitrogen and oxygen atoms in total. The van der Waals surface area contributed by atoms with E-state index in [1.807, 2.05) is 24.4 Å². The zero-order valence-corrected chi connectivity index (χ0v) is 6.41. The second-order valence-electron chi connectivity index (χ2n) is 2.83. The van der Waals surface area contributed by atoms with E-state index in [4.69, 9.17) is 0 Å². The van der Waals surface area contributed by atoms with E-state index >= 15 is 0 Å². The van der Waals surface area contributed by atoms with Crippen molar-refractivity contribution in [1.29, 1.82) is 0 Å². The number of anilines is 1. The quantitative estimate of drug-likeness (QED) is 0.577. The molecular formula is C9H7N3. The molecule has 0 amide bonds. The first-order valence-electron chi connectivity index (χ1n) is 3.91. The predicted octanol–water partition coefficient (Wildman–Crippen LogP) is 0.293. The summed E-state index contributed by atoms with van der Waals surface area (Å²) in [5, 5.41) is 5.31. The van der Waals surface area contributed by atoms with Crippen LogP contribution in [0.5, 0.6) is 0 Å². The largest absolute Gasteiger partial charge is 0.364 e. The van der Waals surface area contributed by atoms with Gasteiger partial charge in [-0.05, 0) is 18.2 Å². The van der Waals surface area contributed by atoms with Gasteiger partial charge in [0.25, 0.3) is 0 Å². The third-order valence-electron chi connectivity index (χ3n) is 2.16. The van der Waals surface area contributed by atoms with Gasteiger partial charge in [0.2, 0.25) is 0 Å². The topological polar surface area (TPSA) is 36.8 Å². The van der Waals surface area contributed by atoms with Gasteiger partial charge in [0, 0.05) is 11.8 Å². The maximum absolute atomic E-state index is 4.29. The number of benzene rings is 1. The highest BCUT2D eigenvalue weighted by Gasteiger charge is 2.10. The standard InChI is InChI=1S/C9H7N3/c1-2-8-9(12-5-11-8)6-3-4-10-7(1)6/h1-4,12H,5H2. The van der Waals surface area contributed by atoms with Gasteiger partial charge in [-0.2, -0.15) is 0 Å². The molecule has 1 N–H and O–H groups in total. The van der Waals surface area contributed by atoms with Crippen LogP contribution in [0.15, 0.2) is 28.3 Å². The molecule has 58 valence electrons. The van der Waals surface area contributed by atoms with Crippen molar-refractivity contribution in [3.63, 3.8) is 0 Å². The molecule has 0 saturated heterocycles. The van der Waals surface area contributed by atoms with Gasteiger partial charge in [-0.1, -0.05) is 0 Å². The lowest BCUT2D eigenvalue weighted by atomic mass is 10.1. The Hall–Kier alpha value is -1.64. The maximum atomic E-state index is 4.29. The summed E-state index contributed by atoms with van der Waals surface area (Å²) in [4.78, 5) is 8.50. The monoisotopic (exact) mass is 157 g/mol. The molecule has 0 saturated carbocycles. The Morgan fingerprint density at radius 1 is 1.25 bits per heavy atom. The van der Waals surface area contributed by atoms with E-state index in [1.54, 1.807) is 0 Å². The van der Waals surface area contributed by atoms with Crippen molar-refractivity contribution < 1.29 is 0 Å². The van der Waals surface area contributed by atoms with Crippen molar-refractivity contribution in [1.82, 2.24) is 0 Å². The molecule has 0 fully saturated rings. The zero-order valence-electron chi connectivity index (χ0n) is 6.41. The van der Waals surface area contributed by atoms with Crippen LogP contribution in [0.3, 0.4) is 0 Å². The number of nitrogens with zero attached hydrogens (tertiary/aromatic N) is 2. The lowest BCUT2D eigenvalue weighted by Gasteiger charge is -1.98. The normalized spacial score (nSPS) is 16.0. The fourth-order valence-electron chi connectivity index (χ4n) is 1.59. The van der Waals surface area contributed by atoms with Gasteiger partial charge >= 0.3 is 0 Å². The maximum Gasteiger partial charge on any atom is 0.108 e. The molecule has 0 aromatic heterocycles. The first kappa shape index (κ1) is 5.94. The molecule has 0 unspecified atom stereocenters. The molecule has 0 bridgehead atoms. The van der Waals surface area contributed by atoms with E-state index in [2.05, 4.69) is 15.3 Å². The SMILES string of the molecule is C1=Cc2c3c(ccc2=N1)=NCN3. The van der Waals surface area contributed by atoms with E-state index in [1.165, 1.54) is 5.56 Å². The minimum absolute atomic E-state index is 0.694. The summed E-state index contributed by atoms with van der Waals surface area (Å²) in [5.41, 5.74) is 2.30. The van der Waals surface area contributed by atoms with Crippen LogP contribution in [-0.4, -0.2) is 6.67 Å². The van der Waals surface area contributed by atoms with E-state index in [0.29, 0.717) is 6.67 Å². The number of hydrogen-bond acceptors (Lipinski definition) is 3. The summed E-state index contributed by atoms with van der Waals surface area (Å²) in [6.45, 7) is 0.694. The second-order valence-corrected chi connectivity index (χ2v) is 2.83. The van der Waals surface area contributed by atoms with Gasteiger partial charge in [0.15, 0.2) is 0 Å². The smallest absolute Gasteiger partial charge is 0.108 e. The van der Waals surface area contributed by atoms with Crippen molar-refractivity contribution in [3.05, 3.63) is 34.6 Å². The van der Waals surface area contributed by atoms with Crippen LogP contribution < -0.4 is 16.0 Å². The van der Waals surface area contributed by atoms with Gasteiger partial charge < -0.3 is 5.32 Å². The van der Waals surface area contributed by atoms with Crippen molar-refractivity contribution >= 4 is 11.8 Å². The third kappa shape index (κ3) is 0.605. The molecule has 1 aromatic carbocycles. The molecule has 3 heteroatoms. The molecule has 1 aromatic rings. The van der Waals surface area contributed by atoms with Crippen LogP contribution in [-0.2, 0) is 0 Å². The Labute approximate surface area is 69.2 Å². The lowest BCUT2D eigenvalue weighted by Crippen LogP contribution is -2.12. The molecule has 3 rings (SSSR count). The van der Waals surface area contributed by atoms with Gasteiger partial charge in [-0.15, -0.1) is 0 Å². The molecule has 0 atom stereocenters. The number of fused-ring (bicyclic) bond motifs is 3. The number of rotatable bonds is 0. The summed E-state index contributed by atoms with van der Waals surface area (Å²) in [6, 6.07) is 4.01. The van der Waals surface area contributed by atoms with Crippen LogP contribution in [0.2, 0.25) is 0 Å². The average Bonchev–Trinajstić information content (AvgIpc) is 2.71. The second kappa shape index (κ2) is 1.94. The predicted molar refractivity (Wildman–Crippen MR) is 46.3 cm³/mol. The molecule has 12 heavy (non-hydrogen) atoms. The first-order valence-corrected chi connectivity index (χ1v) is 3.91. The Balaban J connectivity index is 2.50. The summed E-state index contributed by atoms with van der Waals surface area (Å²) in [6.07, 6.45) is 3.84. The molecule has 0 aliphatic carbocycles. The summed E-state index contributed by atoms with van der Waals surface area (Å²) in [5.74, 6) is 0. The summed E-state index contributed by atoms with van der Waals surface area (Å²) in [7, 11) is 0. The molecule has 2 aliphatic rings. The van der Waals surface area contributed by atoms with Crippen LogP contribution in [0.1, 0.15) is 5.56 Å². The van der Waals surface area contributed by atoms with Crippen LogP contribution >= 0.6 is 0 Å². The van der Waals surface area contributed by atoms with Gasteiger partial charge in [0.05, 0.1) is 16.4 Å². The fraction of sp³-hybridized carbons (Fsp3) is 0.111. The summed E-state index contributed by atoms with van der Waals surface area (Å²) < 4.78 is 0. The Morgan fingerprint density at radius 2 is 2.17 bits per heavy atom. The van der Waals surface area contributed by atoms with Gasteiger partial charge in [-0.3, -0.25) is 9.98 Å². The zero-order chi connectivity index (χ0) is 7.97. The fourth-order valence-corrected chi connectivity index (χ4v) is 1.59. The highest BCUT2D eigenvalue weighted by atomic mass is 15.1. The average molecular weight is 157 g/mol. The molecule has 0 spiro atoms. The first-order chi connectivity index (χ1) is 5.95. The van der Waals surface area contributed by atoms with Crippen LogP contribution in [0, 0.1) is 0 Å². The Morgan fingerprint density at radius 3 is 3.17 bits per heavy atom. The van der Waals surface area contributed by atoms with Crippen molar-refractivity contribution in [2.24, 2.45) is 9.98 Å². The molecule has 2 aliphatic heterocycles. The van der Waals surface area contributed by atoms with E-state index in [0.717, 1.165) is 16.4 Å². The molecule has 2 heterocycles. The Bertz CT molecular complexity index is 485. The highest BCUT2D eigenvalue weighted by Crippen LogP contribution is 2.13. The number of hydrogen-bond donors (Lipinski definition) is 1. The van der Waals surface area contributed by atoms with Crippen LogP contribution in [0.4, 0.5) is 5.69 Å². The van der Waals surface area contributed by atoms with Crippen molar-refractivity contribution in [2.45, 2.75) is 0 Å². The number of nitrogens with one attached hydrogen (secondary N) is 1. The highest BCUT2D eigenvalue weighted by molar-refractivity contribution is 5.68.